The average Bonchev–Trinajstić information content (AvgIpc) is 3.11. The van der Waals surface area contributed by atoms with E-state index < -0.39 is 0 Å². The summed E-state index contributed by atoms with van der Waals surface area (Å²) in [5, 5.41) is 12.8. The van der Waals surface area contributed by atoms with Crippen LogP contribution in [0, 0.1) is 0 Å². The molecule has 0 aliphatic carbocycles. The van der Waals surface area contributed by atoms with E-state index >= 15 is 0 Å². The van der Waals surface area contributed by atoms with Gasteiger partial charge in [0.15, 0.2) is 11.0 Å². The van der Waals surface area contributed by atoms with Crippen LogP contribution in [-0.4, -0.2) is 33.5 Å². The molecule has 3 aromatic rings. The lowest BCUT2D eigenvalue weighted by atomic mass is 10.2. The minimum atomic E-state index is -0.119. The molecule has 3 rings (SSSR count). The zero-order valence-electron chi connectivity index (χ0n) is 15.1. The summed E-state index contributed by atoms with van der Waals surface area (Å²) in [6.07, 6.45) is 0. The molecule has 0 unspecified atom stereocenters. The standard InChI is InChI=1S/C19H18Cl2N4O2S/c1-27-11-17-23-24-19(25(17)14-5-3-2-4-6-14)28-12-18(26)22-10-13-7-8-15(20)16(21)9-13/h2-9H,10-12H2,1H3,(H,22,26). The number of methoxy groups -OCH3 is 1. The monoisotopic (exact) mass is 436 g/mol. The third kappa shape index (κ3) is 5.26. The molecule has 0 saturated carbocycles. The third-order valence-electron chi connectivity index (χ3n) is 3.79. The summed E-state index contributed by atoms with van der Waals surface area (Å²) in [6.45, 7) is 0.697. The second kappa shape index (κ2) is 9.93. The predicted octanol–water partition coefficient (Wildman–Crippen LogP) is 4.13. The Morgan fingerprint density at radius 3 is 2.64 bits per heavy atom. The predicted molar refractivity (Wildman–Crippen MR) is 111 cm³/mol. The maximum Gasteiger partial charge on any atom is 0.230 e. The van der Waals surface area contributed by atoms with E-state index in [1.165, 1.54) is 11.8 Å². The Morgan fingerprint density at radius 2 is 1.93 bits per heavy atom. The highest BCUT2D eigenvalue weighted by molar-refractivity contribution is 7.99. The van der Waals surface area contributed by atoms with E-state index in [2.05, 4.69) is 15.5 Å². The van der Waals surface area contributed by atoms with Crippen molar-refractivity contribution in [2.75, 3.05) is 12.9 Å². The number of aromatic nitrogens is 3. The molecule has 1 aromatic heterocycles. The molecule has 2 aromatic carbocycles. The first-order valence-electron chi connectivity index (χ1n) is 8.40. The molecule has 0 bridgehead atoms. The number of ether oxygens (including phenoxy) is 1. The van der Waals surface area contributed by atoms with Gasteiger partial charge in [0.25, 0.3) is 0 Å². The van der Waals surface area contributed by atoms with Crippen LogP contribution in [0.2, 0.25) is 10.0 Å². The summed E-state index contributed by atoms with van der Waals surface area (Å²) in [6, 6.07) is 15.0. The van der Waals surface area contributed by atoms with Crippen LogP contribution in [-0.2, 0) is 22.7 Å². The van der Waals surface area contributed by atoms with Crippen molar-refractivity contribution in [2.24, 2.45) is 0 Å². The van der Waals surface area contributed by atoms with E-state index in [-0.39, 0.29) is 11.7 Å². The third-order valence-corrected chi connectivity index (χ3v) is 5.46. The molecule has 0 aliphatic heterocycles. The van der Waals surface area contributed by atoms with E-state index in [9.17, 15) is 4.79 Å². The lowest BCUT2D eigenvalue weighted by molar-refractivity contribution is -0.118. The normalized spacial score (nSPS) is 10.8. The van der Waals surface area contributed by atoms with Gasteiger partial charge in [0, 0.05) is 19.3 Å². The molecular weight excluding hydrogens is 419 g/mol. The van der Waals surface area contributed by atoms with Crippen LogP contribution in [0.15, 0.2) is 53.7 Å². The smallest absolute Gasteiger partial charge is 0.230 e. The quantitative estimate of drug-likeness (QED) is 0.537. The number of nitrogens with zero attached hydrogens (tertiary/aromatic N) is 3. The van der Waals surface area contributed by atoms with Crippen molar-refractivity contribution in [1.29, 1.82) is 0 Å². The van der Waals surface area contributed by atoms with Gasteiger partial charge in [-0.05, 0) is 29.8 Å². The molecular formula is C19H18Cl2N4O2S. The highest BCUT2D eigenvalue weighted by Crippen LogP contribution is 2.23. The highest BCUT2D eigenvalue weighted by Gasteiger charge is 2.15. The van der Waals surface area contributed by atoms with Crippen molar-refractivity contribution in [3.05, 3.63) is 70.0 Å². The van der Waals surface area contributed by atoms with Gasteiger partial charge in [0.05, 0.1) is 15.8 Å². The van der Waals surface area contributed by atoms with Crippen molar-refractivity contribution in [1.82, 2.24) is 20.1 Å². The number of carbonyl (C=O) groups excluding carboxylic acids is 1. The summed E-state index contributed by atoms with van der Waals surface area (Å²) in [5.41, 5.74) is 1.79. The van der Waals surface area contributed by atoms with Gasteiger partial charge in [-0.3, -0.25) is 9.36 Å². The van der Waals surface area contributed by atoms with E-state index in [1.54, 1.807) is 19.2 Å². The highest BCUT2D eigenvalue weighted by atomic mass is 35.5. The van der Waals surface area contributed by atoms with Gasteiger partial charge in [-0.2, -0.15) is 0 Å². The number of carbonyl (C=O) groups is 1. The molecule has 0 aliphatic rings. The van der Waals surface area contributed by atoms with Crippen LogP contribution in [0.25, 0.3) is 5.69 Å². The molecule has 0 fully saturated rings. The van der Waals surface area contributed by atoms with Gasteiger partial charge in [0.1, 0.15) is 6.61 Å². The van der Waals surface area contributed by atoms with Gasteiger partial charge < -0.3 is 10.1 Å². The molecule has 1 amide bonds. The van der Waals surface area contributed by atoms with E-state index in [0.29, 0.717) is 34.2 Å². The molecule has 1 heterocycles. The minimum Gasteiger partial charge on any atom is -0.377 e. The number of nitrogens with one attached hydrogen (secondary N) is 1. The van der Waals surface area contributed by atoms with Gasteiger partial charge in [0.2, 0.25) is 5.91 Å². The van der Waals surface area contributed by atoms with E-state index in [4.69, 9.17) is 27.9 Å². The number of hydrogen-bond acceptors (Lipinski definition) is 5. The van der Waals surface area contributed by atoms with E-state index in [0.717, 1.165) is 11.3 Å². The Balaban J connectivity index is 1.64. The maximum atomic E-state index is 12.2. The van der Waals surface area contributed by atoms with Crippen molar-refractivity contribution in [3.8, 4) is 5.69 Å². The summed E-state index contributed by atoms with van der Waals surface area (Å²) >= 11 is 13.2. The van der Waals surface area contributed by atoms with Gasteiger partial charge >= 0.3 is 0 Å². The Labute approximate surface area is 177 Å². The Morgan fingerprint density at radius 1 is 1.14 bits per heavy atom. The van der Waals surface area contributed by atoms with Crippen LogP contribution in [0.1, 0.15) is 11.4 Å². The fourth-order valence-corrected chi connectivity index (χ4v) is 3.61. The molecule has 0 spiro atoms. The molecule has 0 radical (unpaired) electrons. The number of hydrogen-bond donors (Lipinski definition) is 1. The largest absolute Gasteiger partial charge is 0.377 e. The minimum absolute atomic E-state index is 0.119. The zero-order valence-corrected chi connectivity index (χ0v) is 17.4. The number of para-hydroxylation sites is 1. The molecule has 28 heavy (non-hydrogen) atoms. The fraction of sp³-hybridized carbons (Fsp3) is 0.211. The Bertz CT molecular complexity index is 950. The molecule has 0 atom stereocenters. The maximum absolute atomic E-state index is 12.2. The first-order valence-corrected chi connectivity index (χ1v) is 10.1. The topological polar surface area (TPSA) is 69.0 Å². The SMILES string of the molecule is COCc1nnc(SCC(=O)NCc2ccc(Cl)c(Cl)c2)n1-c1ccccc1. The second-order valence-corrected chi connectivity index (χ2v) is 7.57. The Hall–Kier alpha value is -2.06. The molecule has 0 saturated heterocycles. The van der Waals surface area contributed by atoms with Gasteiger partial charge in [-0.15, -0.1) is 10.2 Å². The zero-order chi connectivity index (χ0) is 19.9. The summed E-state index contributed by atoms with van der Waals surface area (Å²) < 4.78 is 7.09. The van der Waals surface area contributed by atoms with Crippen molar-refractivity contribution in [2.45, 2.75) is 18.3 Å². The number of amides is 1. The number of halogens is 2. The van der Waals surface area contributed by atoms with Crippen LogP contribution in [0.3, 0.4) is 0 Å². The molecule has 1 N–H and O–H groups in total. The first kappa shape index (κ1) is 20.7. The summed E-state index contributed by atoms with van der Waals surface area (Å²) in [5.74, 6) is 0.763. The first-order chi connectivity index (χ1) is 13.6. The number of benzene rings is 2. The molecule has 146 valence electrons. The van der Waals surface area contributed by atoms with Gasteiger partial charge in [-0.1, -0.05) is 59.2 Å². The lowest BCUT2D eigenvalue weighted by Crippen LogP contribution is -2.24. The van der Waals surface area contributed by atoms with Gasteiger partial charge in [-0.25, -0.2) is 0 Å². The summed E-state index contributed by atoms with van der Waals surface area (Å²) in [4.78, 5) is 12.2. The number of thioether (sulfide) groups is 1. The fourth-order valence-electron chi connectivity index (χ4n) is 2.48. The van der Waals surface area contributed by atoms with Crippen molar-refractivity contribution < 1.29 is 9.53 Å². The lowest BCUT2D eigenvalue weighted by Gasteiger charge is -2.10. The molecule has 9 heteroatoms. The van der Waals surface area contributed by atoms with Crippen LogP contribution in [0.5, 0.6) is 0 Å². The van der Waals surface area contributed by atoms with Crippen LogP contribution < -0.4 is 5.32 Å². The molecule has 6 nitrogen and oxygen atoms in total. The van der Waals surface area contributed by atoms with E-state index in [1.807, 2.05) is 41.0 Å². The van der Waals surface area contributed by atoms with Crippen molar-refractivity contribution >= 4 is 40.9 Å². The van der Waals surface area contributed by atoms with Crippen LogP contribution in [0.4, 0.5) is 0 Å². The summed E-state index contributed by atoms with van der Waals surface area (Å²) in [7, 11) is 1.60. The average molecular weight is 437 g/mol. The Kier molecular flexibility index (Phi) is 7.33. The number of rotatable bonds is 8. The second-order valence-electron chi connectivity index (χ2n) is 5.82. The van der Waals surface area contributed by atoms with Crippen molar-refractivity contribution in [3.63, 3.8) is 0 Å². The van der Waals surface area contributed by atoms with Crippen LogP contribution >= 0.6 is 35.0 Å².